The van der Waals surface area contributed by atoms with Crippen molar-refractivity contribution in [1.82, 2.24) is 14.5 Å². The van der Waals surface area contributed by atoms with Crippen LogP contribution in [0.3, 0.4) is 0 Å². The van der Waals surface area contributed by atoms with Gasteiger partial charge in [0.15, 0.2) is 0 Å². The van der Waals surface area contributed by atoms with Crippen LogP contribution in [0.1, 0.15) is 64.7 Å². The average molecular weight is 780 g/mol. The van der Waals surface area contributed by atoms with E-state index in [2.05, 4.69) is 101 Å². The number of hydrogen-bond acceptors (Lipinski definition) is 8. The van der Waals surface area contributed by atoms with E-state index < -0.39 is 15.9 Å². The highest BCUT2D eigenvalue weighted by Gasteiger charge is 2.23. The number of hydrogen-bond donors (Lipinski definition) is 2. The van der Waals surface area contributed by atoms with Gasteiger partial charge in [0.1, 0.15) is 0 Å². The van der Waals surface area contributed by atoms with Gasteiger partial charge in [-0.1, -0.05) is 54.1 Å². The van der Waals surface area contributed by atoms with Crippen LogP contribution in [-0.2, 0) is 10.0 Å². The molecule has 0 bridgehead atoms. The third-order valence-corrected chi connectivity index (χ3v) is 13.2. The van der Waals surface area contributed by atoms with Gasteiger partial charge in [-0.05, 0) is 144 Å². The maximum Gasteiger partial charge on any atom is 0.264 e. The van der Waals surface area contributed by atoms with Crippen LogP contribution in [0.5, 0.6) is 0 Å². The van der Waals surface area contributed by atoms with Crippen molar-refractivity contribution in [2.45, 2.75) is 63.8 Å². The largest absolute Gasteiger partial charge is 0.381 e. The zero-order valence-electron chi connectivity index (χ0n) is 33.1. The Morgan fingerprint density at radius 3 is 2.29 bits per heavy atom. The predicted molar refractivity (Wildman–Crippen MR) is 232 cm³/mol. The molecule has 55 heavy (non-hydrogen) atoms. The quantitative estimate of drug-likeness (QED) is 0.159. The Hall–Kier alpha value is -4.09. The molecule has 2 N–H and O–H groups in total. The lowest BCUT2D eigenvalue weighted by molar-refractivity contribution is 0.0981. The van der Waals surface area contributed by atoms with Crippen LogP contribution in [0.25, 0.3) is 5.57 Å². The molecule has 10 heteroatoms. The van der Waals surface area contributed by atoms with Gasteiger partial charge in [-0.15, -0.1) is 11.8 Å². The highest BCUT2D eigenvalue weighted by Crippen LogP contribution is 2.32. The maximum atomic E-state index is 13.4. The minimum atomic E-state index is -4.07. The summed E-state index contributed by atoms with van der Waals surface area (Å²) < 4.78 is 29.1. The van der Waals surface area contributed by atoms with E-state index >= 15 is 0 Å². The summed E-state index contributed by atoms with van der Waals surface area (Å²) in [5.74, 6) is 0.261. The molecule has 0 aromatic heterocycles. The standard InChI is InChI=1S/C45H57N5O3S2/c1-33-15-21-42(34(2)29-33)43-14-10-9-11-37(43)31-49-25-27-50(28-26-49)39-18-16-36(17-19-39)45(51)47-55(52,53)41-20-22-44(35(3)30-41)46-38(23-24-48(4)5)32-54-40-12-7-6-8-13-40/h7,11-22,29-30,38,46H,6,8-10,23-28,31-32H2,1-5H3,(H,47,51)/t38-/m1/s1. The second kappa shape index (κ2) is 18.7. The summed E-state index contributed by atoms with van der Waals surface area (Å²) in [7, 11) is 0.0703. The summed E-state index contributed by atoms with van der Waals surface area (Å²) in [4.78, 5) is 21.6. The minimum absolute atomic E-state index is 0.0655. The van der Waals surface area contributed by atoms with Crippen molar-refractivity contribution in [2.75, 3.05) is 69.3 Å². The van der Waals surface area contributed by atoms with Gasteiger partial charge < -0.3 is 15.1 Å². The predicted octanol–water partition coefficient (Wildman–Crippen LogP) is 8.36. The number of piperazine rings is 1. The van der Waals surface area contributed by atoms with E-state index in [9.17, 15) is 13.2 Å². The van der Waals surface area contributed by atoms with Crippen LogP contribution in [-0.4, -0.2) is 89.3 Å². The third-order valence-electron chi connectivity index (χ3n) is 10.6. The van der Waals surface area contributed by atoms with E-state index in [-0.39, 0.29) is 10.9 Å². The highest BCUT2D eigenvalue weighted by atomic mass is 32.2. The minimum Gasteiger partial charge on any atom is -0.381 e. The van der Waals surface area contributed by atoms with Crippen LogP contribution >= 0.6 is 11.8 Å². The molecule has 0 radical (unpaired) electrons. The summed E-state index contributed by atoms with van der Waals surface area (Å²) in [5.41, 5.74) is 9.78. The lowest BCUT2D eigenvalue weighted by Crippen LogP contribution is -2.47. The molecule has 1 saturated heterocycles. The average Bonchev–Trinajstić information content (AvgIpc) is 3.17. The first-order valence-corrected chi connectivity index (χ1v) is 22.0. The molecule has 1 fully saturated rings. The molecular formula is C45H57N5O3S2. The Kier molecular flexibility index (Phi) is 13.8. The van der Waals surface area contributed by atoms with Crippen LogP contribution in [0.4, 0.5) is 11.4 Å². The monoisotopic (exact) mass is 779 g/mol. The Morgan fingerprint density at radius 1 is 0.855 bits per heavy atom. The summed E-state index contributed by atoms with van der Waals surface area (Å²) in [6.07, 6.45) is 16.8. The number of sulfonamides is 1. The van der Waals surface area contributed by atoms with Gasteiger partial charge in [0, 0.05) is 66.4 Å². The van der Waals surface area contributed by atoms with E-state index in [4.69, 9.17) is 0 Å². The van der Waals surface area contributed by atoms with Crippen LogP contribution < -0.4 is 14.9 Å². The van der Waals surface area contributed by atoms with Crippen molar-refractivity contribution in [3.8, 4) is 0 Å². The molecule has 8 nitrogen and oxygen atoms in total. The topological polar surface area (TPSA) is 85.0 Å². The van der Waals surface area contributed by atoms with Crippen molar-refractivity contribution in [2.24, 2.45) is 0 Å². The van der Waals surface area contributed by atoms with Gasteiger partial charge in [-0.2, -0.15) is 0 Å². The molecule has 0 saturated carbocycles. The molecule has 3 aliphatic rings. The number of rotatable bonds is 15. The molecule has 1 heterocycles. The van der Waals surface area contributed by atoms with E-state index in [0.29, 0.717) is 5.56 Å². The van der Waals surface area contributed by atoms with Crippen LogP contribution in [0.2, 0.25) is 0 Å². The fraction of sp³-hybridized carbons (Fsp3) is 0.400. The van der Waals surface area contributed by atoms with Gasteiger partial charge in [0.25, 0.3) is 15.9 Å². The summed E-state index contributed by atoms with van der Waals surface area (Å²) in [6.45, 7) is 11.8. The number of carbonyl (C=O) groups excluding carboxylic acids is 1. The van der Waals surface area contributed by atoms with Gasteiger partial charge in [-0.3, -0.25) is 9.69 Å². The number of nitrogens with one attached hydrogen (secondary N) is 2. The van der Waals surface area contributed by atoms with Crippen LogP contribution in [0, 0.1) is 20.8 Å². The molecule has 3 aromatic carbocycles. The number of allylic oxidation sites excluding steroid dienone is 5. The number of nitrogens with zero attached hydrogens (tertiary/aromatic N) is 3. The summed E-state index contributed by atoms with van der Waals surface area (Å²) >= 11 is 1.85. The fourth-order valence-corrected chi connectivity index (χ4v) is 9.56. The lowest BCUT2D eigenvalue weighted by atomic mass is 9.88. The van der Waals surface area contributed by atoms with E-state index in [1.165, 1.54) is 32.7 Å². The van der Waals surface area contributed by atoms with E-state index in [1.807, 2.05) is 36.9 Å². The number of carbonyl (C=O) groups is 1. The van der Waals surface area contributed by atoms with Crippen molar-refractivity contribution >= 4 is 44.6 Å². The molecule has 0 unspecified atom stereocenters. The molecule has 1 amide bonds. The Morgan fingerprint density at radius 2 is 1.60 bits per heavy atom. The smallest absolute Gasteiger partial charge is 0.264 e. The van der Waals surface area contributed by atoms with Gasteiger partial charge in [-0.25, -0.2) is 13.1 Å². The van der Waals surface area contributed by atoms with Gasteiger partial charge in [0.2, 0.25) is 0 Å². The van der Waals surface area contributed by atoms with E-state index in [0.717, 1.165) is 94.1 Å². The molecule has 292 valence electrons. The molecule has 2 aliphatic carbocycles. The second-order valence-corrected chi connectivity index (χ2v) is 18.1. The van der Waals surface area contributed by atoms with E-state index in [1.54, 1.807) is 24.3 Å². The first kappa shape index (κ1) is 40.6. The molecule has 6 rings (SSSR count). The summed E-state index contributed by atoms with van der Waals surface area (Å²) in [6, 6.07) is 19.2. The summed E-state index contributed by atoms with van der Waals surface area (Å²) in [5, 5.41) is 3.66. The number of aryl methyl sites for hydroxylation is 3. The molecule has 1 atom stereocenters. The van der Waals surface area contributed by atoms with Gasteiger partial charge >= 0.3 is 0 Å². The number of anilines is 2. The molecule has 0 spiro atoms. The van der Waals surface area contributed by atoms with Crippen LogP contribution in [0.15, 0.2) is 106 Å². The SMILES string of the molecule is Cc1ccc(C2=CCCC=C2CN2CCN(c3ccc(C(=O)NS(=O)(=O)c4ccc(N[C@H](CCN(C)C)CSC5=CCCC=C5)c(C)c4)cc3)CC2)c(C)c1. The normalized spacial score (nSPS) is 17.1. The van der Waals surface area contributed by atoms with Crippen molar-refractivity contribution in [3.63, 3.8) is 0 Å². The second-order valence-electron chi connectivity index (χ2n) is 15.3. The third kappa shape index (κ3) is 11.0. The number of benzene rings is 3. The maximum absolute atomic E-state index is 13.4. The first-order valence-electron chi connectivity index (χ1n) is 19.6. The molecular weight excluding hydrogens is 723 g/mol. The van der Waals surface area contributed by atoms with Gasteiger partial charge in [0.05, 0.1) is 4.90 Å². The Labute approximate surface area is 333 Å². The number of amides is 1. The van der Waals surface area contributed by atoms with Crippen molar-refractivity contribution in [3.05, 3.63) is 129 Å². The highest BCUT2D eigenvalue weighted by molar-refractivity contribution is 8.03. The fourth-order valence-electron chi connectivity index (χ4n) is 7.43. The molecule has 1 aliphatic heterocycles. The zero-order chi connectivity index (χ0) is 39.0. The lowest BCUT2D eigenvalue weighted by Gasteiger charge is -2.37. The number of thioether (sulfide) groups is 1. The Balaban J connectivity index is 1.01. The van der Waals surface area contributed by atoms with Crippen molar-refractivity contribution < 1.29 is 13.2 Å². The zero-order valence-corrected chi connectivity index (χ0v) is 34.7. The Bertz CT molecular complexity index is 2060. The molecule has 3 aromatic rings. The first-order chi connectivity index (χ1) is 26.4. The van der Waals surface area contributed by atoms with Crippen molar-refractivity contribution in [1.29, 1.82) is 0 Å².